The van der Waals surface area contributed by atoms with Gasteiger partial charge in [-0.15, -0.1) is 0 Å². The third-order valence-corrected chi connectivity index (χ3v) is 5.53. The van der Waals surface area contributed by atoms with E-state index in [9.17, 15) is 36.4 Å². The smallest absolute Gasteiger partial charge is 0.462 e. The first kappa shape index (κ1) is 27.2. The number of halogens is 3. The molecule has 188 valence electrons. The number of anilines is 1. The van der Waals surface area contributed by atoms with Gasteiger partial charge in [0, 0.05) is 13.1 Å². The van der Waals surface area contributed by atoms with Crippen LogP contribution in [0.5, 0.6) is 5.88 Å². The van der Waals surface area contributed by atoms with Crippen molar-refractivity contribution in [3.8, 4) is 11.9 Å². The van der Waals surface area contributed by atoms with Crippen molar-refractivity contribution in [2.24, 2.45) is 5.92 Å². The van der Waals surface area contributed by atoms with Gasteiger partial charge in [0.15, 0.2) is 5.82 Å². The molecular weight excluding hydrogens is 483 g/mol. The number of pyridine rings is 1. The number of alkyl halides is 3. The van der Waals surface area contributed by atoms with Gasteiger partial charge in [-0.1, -0.05) is 0 Å². The number of esters is 2. The molecule has 1 aromatic heterocycles. The lowest BCUT2D eigenvalue weighted by atomic mass is 9.96. The van der Waals surface area contributed by atoms with E-state index in [1.807, 2.05) is 0 Å². The second-order valence-electron chi connectivity index (χ2n) is 8.32. The molecule has 14 heteroatoms. The zero-order valence-corrected chi connectivity index (χ0v) is 19.7. The van der Waals surface area contributed by atoms with Crippen LogP contribution >= 0.6 is 0 Å². The van der Waals surface area contributed by atoms with Gasteiger partial charge in [-0.05, 0) is 46.6 Å². The summed E-state index contributed by atoms with van der Waals surface area (Å²) in [5, 5.41) is 9.52. The Morgan fingerprint density at radius 2 is 1.82 bits per heavy atom. The molecule has 34 heavy (non-hydrogen) atoms. The summed E-state index contributed by atoms with van der Waals surface area (Å²) in [5.74, 6) is -3.42. The molecule has 0 atom stereocenters. The maximum absolute atomic E-state index is 12.9. The summed E-state index contributed by atoms with van der Waals surface area (Å²) in [6.07, 6.45) is 0.580. The summed E-state index contributed by atoms with van der Waals surface area (Å²) in [5.41, 5.74) is -7.42. The summed E-state index contributed by atoms with van der Waals surface area (Å²) in [6.45, 7) is 6.75. The minimum Gasteiger partial charge on any atom is -0.462 e. The fourth-order valence-electron chi connectivity index (χ4n) is 3.09. The molecule has 0 spiro atoms. The van der Waals surface area contributed by atoms with Gasteiger partial charge in [-0.25, -0.2) is 4.79 Å². The van der Waals surface area contributed by atoms with Crippen molar-refractivity contribution >= 4 is 27.9 Å². The SMILES string of the molecule is CCOC(=O)c1cc(C#N)c(N2CCC(C(=O)OC(C)(C)C)CC2)nc1OS(=O)(=O)C(F)(F)F. The van der Waals surface area contributed by atoms with Crippen LogP contribution in [-0.2, 0) is 24.4 Å². The van der Waals surface area contributed by atoms with E-state index in [0.717, 1.165) is 6.07 Å². The van der Waals surface area contributed by atoms with Crippen LogP contribution in [0.2, 0.25) is 0 Å². The highest BCUT2D eigenvalue weighted by molar-refractivity contribution is 7.88. The van der Waals surface area contributed by atoms with E-state index < -0.39 is 50.5 Å². The van der Waals surface area contributed by atoms with Crippen LogP contribution in [0.4, 0.5) is 19.0 Å². The number of hydrogen-bond donors (Lipinski definition) is 0. The molecule has 0 amide bonds. The Labute approximate surface area is 194 Å². The lowest BCUT2D eigenvalue weighted by molar-refractivity contribution is -0.160. The van der Waals surface area contributed by atoms with E-state index >= 15 is 0 Å². The van der Waals surface area contributed by atoms with Gasteiger partial charge in [0.1, 0.15) is 17.2 Å². The van der Waals surface area contributed by atoms with E-state index in [4.69, 9.17) is 9.47 Å². The Morgan fingerprint density at radius 1 is 1.24 bits per heavy atom. The molecule has 0 unspecified atom stereocenters. The van der Waals surface area contributed by atoms with Gasteiger partial charge in [0.25, 0.3) is 0 Å². The molecule has 0 aromatic carbocycles. The summed E-state index contributed by atoms with van der Waals surface area (Å²) in [6, 6.07) is 2.65. The molecule has 0 N–H and O–H groups in total. The van der Waals surface area contributed by atoms with E-state index in [1.54, 1.807) is 26.8 Å². The number of rotatable bonds is 6. The lowest BCUT2D eigenvalue weighted by Gasteiger charge is -2.33. The minimum atomic E-state index is -6.16. The number of nitrogens with zero attached hydrogens (tertiary/aromatic N) is 3. The minimum absolute atomic E-state index is 0.163. The number of piperidine rings is 1. The van der Waals surface area contributed by atoms with Crippen LogP contribution in [0.1, 0.15) is 56.5 Å². The summed E-state index contributed by atoms with van der Waals surface area (Å²) < 4.78 is 76.0. The number of nitriles is 1. The normalized spacial score (nSPS) is 15.4. The lowest BCUT2D eigenvalue weighted by Crippen LogP contribution is -2.39. The monoisotopic (exact) mass is 507 g/mol. The maximum Gasteiger partial charge on any atom is 0.534 e. The number of ether oxygens (including phenoxy) is 2. The van der Waals surface area contributed by atoms with Gasteiger partial charge in [0.05, 0.1) is 18.1 Å². The Bertz CT molecular complexity index is 1080. The van der Waals surface area contributed by atoms with E-state index in [2.05, 4.69) is 9.17 Å². The third kappa shape index (κ3) is 6.49. The summed E-state index contributed by atoms with van der Waals surface area (Å²) >= 11 is 0. The molecule has 10 nitrogen and oxygen atoms in total. The zero-order valence-electron chi connectivity index (χ0n) is 18.9. The second-order valence-corrected chi connectivity index (χ2v) is 9.86. The molecule has 2 heterocycles. The Kier molecular flexibility index (Phi) is 8.02. The van der Waals surface area contributed by atoms with Crippen LogP contribution in [0.15, 0.2) is 6.07 Å². The fourth-order valence-corrected chi connectivity index (χ4v) is 3.52. The molecule has 1 aromatic rings. The number of hydrogen-bond acceptors (Lipinski definition) is 10. The predicted molar refractivity (Wildman–Crippen MR) is 111 cm³/mol. The van der Waals surface area contributed by atoms with E-state index in [0.29, 0.717) is 0 Å². The number of aromatic nitrogens is 1. The molecule has 0 radical (unpaired) electrons. The molecule has 0 aliphatic carbocycles. The standard InChI is InChI=1S/C20H24F3N3O7S/c1-5-31-18(28)14-10-13(11-24)15(25-16(14)33-34(29,30)20(21,22)23)26-8-6-12(7-9-26)17(27)32-19(2,3)4/h10,12H,5-9H2,1-4H3. The van der Waals surface area contributed by atoms with E-state index in [1.165, 1.54) is 11.8 Å². The van der Waals surface area contributed by atoms with Crippen LogP contribution in [-0.4, -0.2) is 56.1 Å². The molecule has 1 aliphatic heterocycles. The molecule has 1 saturated heterocycles. The molecule has 1 aliphatic rings. The molecule has 0 bridgehead atoms. The Morgan fingerprint density at radius 3 is 2.29 bits per heavy atom. The predicted octanol–water partition coefficient (Wildman–Crippen LogP) is 2.92. The second kappa shape index (κ2) is 10.0. The number of carbonyl (C=O) groups excluding carboxylic acids is 2. The fraction of sp³-hybridized carbons (Fsp3) is 0.600. The highest BCUT2D eigenvalue weighted by atomic mass is 32.2. The quantitative estimate of drug-likeness (QED) is 0.321. The van der Waals surface area contributed by atoms with Crippen LogP contribution in [0.3, 0.4) is 0 Å². The first-order valence-corrected chi connectivity index (χ1v) is 11.6. The molecule has 2 rings (SSSR count). The van der Waals surface area contributed by atoms with Crippen molar-refractivity contribution in [1.29, 1.82) is 5.26 Å². The summed E-state index contributed by atoms with van der Waals surface area (Å²) in [7, 11) is -6.16. The molecule has 1 fully saturated rings. The Balaban J connectivity index is 2.41. The van der Waals surface area contributed by atoms with Gasteiger partial charge in [-0.3, -0.25) is 4.79 Å². The van der Waals surface area contributed by atoms with Gasteiger partial charge >= 0.3 is 27.6 Å². The van der Waals surface area contributed by atoms with Gasteiger partial charge in [-0.2, -0.15) is 31.8 Å². The van der Waals surface area contributed by atoms with Crippen molar-refractivity contribution in [2.45, 2.75) is 51.6 Å². The third-order valence-electron chi connectivity index (χ3n) is 4.59. The van der Waals surface area contributed by atoms with Crippen LogP contribution < -0.4 is 9.08 Å². The van der Waals surface area contributed by atoms with Crippen molar-refractivity contribution in [1.82, 2.24) is 4.98 Å². The highest BCUT2D eigenvalue weighted by Gasteiger charge is 2.49. The van der Waals surface area contributed by atoms with Gasteiger partial charge < -0.3 is 18.6 Å². The average Bonchev–Trinajstić information content (AvgIpc) is 2.71. The van der Waals surface area contributed by atoms with Crippen molar-refractivity contribution in [3.63, 3.8) is 0 Å². The van der Waals surface area contributed by atoms with Crippen molar-refractivity contribution < 1.29 is 44.8 Å². The largest absolute Gasteiger partial charge is 0.534 e. The summed E-state index contributed by atoms with van der Waals surface area (Å²) in [4.78, 5) is 29.8. The van der Waals surface area contributed by atoms with Crippen molar-refractivity contribution in [3.05, 3.63) is 17.2 Å². The first-order valence-electron chi connectivity index (χ1n) is 10.2. The molecule has 0 saturated carbocycles. The van der Waals surface area contributed by atoms with Crippen molar-refractivity contribution in [2.75, 3.05) is 24.6 Å². The topological polar surface area (TPSA) is 136 Å². The zero-order chi connectivity index (χ0) is 25.9. The highest BCUT2D eigenvalue weighted by Crippen LogP contribution is 2.33. The number of carbonyl (C=O) groups is 2. The average molecular weight is 507 g/mol. The molecular formula is C20H24F3N3O7S. The first-order chi connectivity index (χ1) is 15.6. The maximum atomic E-state index is 12.9. The Hall–Kier alpha value is -3.08. The van der Waals surface area contributed by atoms with Gasteiger partial charge in [0.2, 0.25) is 5.88 Å². The van der Waals surface area contributed by atoms with Crippen LogP contribution in [0, 0.1) is 17.2 Å². The van der Waals surface area contributed by atoms with E-state index in [-0.39, 0.29) is 43.9 Å². The van der Waals surface area contributed by atoms with Crippen LogP contribution in [0.25, 0.3) is 0 Å².